The van der Waals surface area contributed by atoms with E-state index in [1.54, 1.807) is 50.2 Å². The first-order chi connectivity index (χ1) is 18.6. The van der Waals surface area contributed by atoms with Crippen LogP contribution in [-0.4, -0.2) is 70.0 Å². The molecule has 1 fully saturated rings. The highest BCUT2D eigenvalue weighted by Crippen LogP contribution is 2.48. The van der Waals surface area contributed by atoms with Crippen LogP contribution in [0.15, 0.2) is 42.5 Å². The smallest absolute Gasteiger partial charge is 0.272 e. The summed E-state index contributed by atoms with van der Waals surface area (Å²) in [5, 5.41) is 26.8. The largest absolute Gasteiger partial charge is 0.508 e. The monoisotopic (exact) mass is 559 g/mol. The summed E-state index contributed by atoms with van der Waals surface area (Å²) >= 11 is 0. The van der Waals surface area contributed by atoms with E-state index in [0.717, 1.165) is 4.90 Å². The molecule has 3 atom stereocenters. The summed E-state index contributed by atoms with van der Waals surface area (Å²) in [5.41, 5.74) is -0.138. The second-order valence-corrected chi connectivity index (χ2v) is 11.6. The van der Waals surface area contributed by atoms with Gasteiger partial charge in [-0.05, 0) is 49.4 Å². The van der Waals surface area contributed by atoms with Crippen molar-refractivity contribution in [3.63, 3.8) is 0 Å². The minimum atomic E-state index is -3.41. The number of aliphatic hydroxyl groups excluding tert-OH is 1. The Morgan fingerprint density at radius 2 is 1.73 bits per heavy atom. The molecule has 0 aromatic heterocycles. The Morgan fingerprint density at radius 3 is 2.33 bits per heavy atom. The summed E-state index contributed by atoms with van der Waals surface area (Å²) in [5.74, 6) is -5.90. The van der Waals surface area contributed by atoms with Gasteiger partial charge in [-0.2, -0.15) is 0 Å². The third-order valence-electron chi connectivity index (χ3n) is 7.54. The highest BCUT2D eigenvalue weighted by molar-refractivity contribution is 5.97. The predicted octanol–water partition coefficient (Wildman–Crippen LogP) is 3.36. The second kappa shape index (κ2) is 11.9. The van der Waals surface area contributed by atoms with E-state index in [1.165, 1.54) is 19.9 Å². The Balaban J connectivity index is 1.96. The lowest BCUT2D eigenvalue weighted by molar-refractivity contribution is -0.148. The van der Waals surface area contributed by atoms with E-state index >= 15 is 8.78 Å². The SMILES string of the molecule is Cc1cc(O)c(C)c(C(=O)NC(Cc2ccccc2)C(O)C(=O)N2CC(F)(F)C(C)(C)C2C(=O)NCC(C)C)c1. The van der Waals surface area contributed by atoms with Crippen molar-refractivity contribution in [2.75, 3.05) is 13.1 Å². The van der Waals surface area contributed by atoms with Crippen LogP contribution in [0.3, 0.4) is 0 Å². The number of halogens is 2. The number of aromatic hydroxyl groups is 1. The summed E-state index contributed by atoms with van der Waals surface area (Å²) in [6, 6.07) is 9.10. The maximum absolute atomic E-state index is 15.2. The van der Waals surface area contributed by atoms with Crippen LogP contribution in [0.2, 0.25) is 0 Å². The van der Waals surface area contributed by atoms with E-state index in [-0.39, 0.29) is 30.2 Å². The Hall–Kier alpha value is -3.53. The highest BCUT2D eigenvalue weighted by atomic mass is 19.3. The molecule has 1 saturated heterocycles. The second-order valence-electron chi connectivity index (χ2n) is 11.6. The number of carbonyl (C=O) groups is 3. The van der Waals surface area contributed by atoms with Gasteiger partial charge in [0.1, 0.15) is 11.8 Å². The fourth-order valence-electron chi connectivity index (χ4n) is 4.95. The number of likely N-dealkylation sites (tertiary alicyclic amines) is 1. The maximum atomic E-state index is 15.2. The molecule has 8 nitrogen and oxygen atoms in total. The molecular weight excluding hydrogens is 520 g/mol. The van der Waals surface area contributed by atoms with E-state index in [1.807, 2.05) is 13.8 Å². The van der Waals surface area contributed by atoms with Crippen molar-refractivity contribution < 1.29 is 33.4 Å². The fraction of sp³-hybridized carbons (Fsp3) is 0.500. The minimum absolute atomic E-state index is 0.00811. The van der Waals surface area contributed by atoms with Crippen molar-refractivity contribution in [3.8, 4) is 5.75 Å². The molecule has 1 heterocycles. The Kier molecular flexibility index (Phi) is 9.24. The zero-order valence-electron chi connectivity index (χ0n) is 23.8. The van der Waals surface area contributed by atoms with Crippen molar-refractivity contribution in [2.45, 2.75) is 72.1 Å². The van der Waals surface area contributed by atoms with Gasteiger partial charge in [-0.1, -0.05) is 58.0 Å². The number of hydrogen-bond donors (Lipinski definition) is 4. The molecule has 0 spiro atoms. The number of nitrogens with one attached hydrogen (secondary N) is 2. The van der Waals surface area contributed by atoms with Gasteiger partial charge in [-0.25, -0.2) is 8.78 Å². The van der Waals surface area contributed by atoms with Gasteiger partial charge in [-0.15, -0.1) is 0 Å². The number of nitrogens with zero attached hydrogens (tertiary/aromatic N) is 1. The van der Waals surface area contributed by atoms with Gasteiger partial charge in [-0.3, -0.25) is 14.4 Å². The van der Waals surface area contributed by atoms with Gasteiger partial charge >= 0.3 is 0 Å². The van der Waals surface area contributed by atoms with Crippen LogP contribution in [0.1, 0.15) is 54.7 Å². The van der Waals surface area contributed by atoms with Crippen LogP contribution in [-0.2, 0) is 16.0 Å². The van der Waals surface area contributed by atoms with Gasteiger partial charge in [0.2, 0.25) is 5.91 Å². The van der Waals surface area contributed by atoms with Crippen LogP contribution in [0.5, 0.6) is 5.75 Å². The van der Waals surface area contributed by atoms with Crippen LogP contribution < -0.4 is 10.6 Å². The number of rotatable bonds is 9. The molecule has 3 amide bonds. The molecule has 3 rings (SSSR count). The summed E-state index contributed by atoms with van der Waals surface area (Å²) in [6.07, 6.45) is -1.93. The van der Waals surface area contributed by atoms with Gasteiger partial charge in [0.25, 0.3) is 17.7 Å². The van der Waals surface area contributed by atoms with Crippen molar-refractivity contribution in [1.82, 2.24) is 15.5 Å². The Bertz CT molecular complexity index is 1250. The fourth-order valence-corrected chi connectivity index (χ4v) is 4.95. The van der Waals surface area contributed by atoms with E-state index in [9.17, 15) is 24.6 Å². The van der Waals surface area contributed by atoms with E-state index in [4.69, 9.17) is 0 Å². The van der Waals surface area contributed by atoms with Crippen LogP contribution in [0.4, 0.5) is 8.78 Å². The molecule has 0 saturated carbocycles. The predicted molar refractivity (Wildman–Crippen MR) is 147 cm³/mol. The summed E-state index contributed by atoms with van der Waals surface area (Å²) in [4.78, 5) is 40.8. The van der Waals surface area contributed by atoms with Crippen molar-refractivity contribution in [1.29, 1.82) is 0 Å². The molecule has 2 aromatic carbocycles. The molecule has 0 bridgehead atoms. The Labute approximate surface area is 233 Å². The molecule has 2 aromatic rings. The lowest BCUT2D eigenvalue weighted by atomic mass is 9.81. The highest BCUT2D eigenvalue weighted by Gasteiger charge is 2.64. The standard InChI is InChI=1S/C30H39F2N3O5/c1-17(2)15-33-27(39)25-29(5,6)30(31,32)16-35(25)28(40)24(37)22(14-20-10-8-7-9-11-20)34-26(38)21-12-18(3)13-23(36)19(21)4/h7-13,17,22,24-25,36-37H,14-16H2,1-6H3,(H,33,39)(H,34,38). The third kappa shape index (κ3) is 6.43. The quantitative estimate of drug-likeness (QED) is 0.376. The van der Waals surface area contributed by atoms with E-state index in [0.29, 0.717) is 16.7 Å². The average Bonchev–Trinajstić information content (AvgIpc) is 3.07. The van der Waals surface area contributed by atoms with Crippen LogP contribution in [0, 0.1) is 25.2 Å². The number of alkyl halides is 2. The topological polar surface area (TPSA) is 119 Å². The third-order valence-corrected chi connectivity index (χ3v) is 7.54. The van der Waals surface area contributed by atoms with Gasteiger partial charge in [0, 0.05) is 17.7 Å². The molecule has 40 heavy (non-hydrogen) atoms. The van der Waals surface area contributed by atoms with Crippen molar-refractivity contribution in [3.05, 3.63) is 64.7 Å². The normalized spacial score (nSPS) is 19.2. The number of amides is 3. The number of aryl methyl sites for hydroxylation is 1. The molecule has 0 aliphatic carbocycles. The number of phenols is 1. The summed E-state index contributed by atoms with van der Waals surface area (Å²) in [6.45, 7) is 8.61. The van der Waals surface area contributed by atoms with Crippen LogP contribution in [0.25, 0.3) is 0 Å². The number of carbonyl (C=O) groups excluding carboxylic acids is 3. The summed E-state index contributed by atoms with van der Waals surface area (Å²) < 4.78 is 30.3. The maximum Gasteiger partial charge on any atom is 0.272 e. The van der Waals surface area contributed by atoms with Gasteiger partial charge in [0.05, 0.1) is 18.0 Å². The zero-order chi connectivity index (χ0) is 30.0. The van der Waals surface area contributed by atoms with Crippen molar-refractivity contribution >= 4 is 17.7 Å². The number of benzene rings is 2. The van der Waals surface area contributed by atoms with Gasteiger partial charge < -0.3 is 25.7 Å². The number of aliphatic hydroxyl groups is 1. The molecule has 0 radical (unpaired) electrons. The van der Waals surface area contributed by atoms with E-state index < -0.39 is 53.8 Å². The lowest BCUT2D eigenvalue weighted by Gasteiger charge is -2.34. The first-order valence-electron chi connectivity index (χ1n) is 13.4. The molecular formula is C30H39F2N3O5. The average molecular weight is 560 g/mol. The first kappa shape index (κ1) is 31.0. The number of phenolic OH excluding ortho intramolecular Hbond substituents is 1. The molecule has 10 heteroatoms. The molecule has 4 N–H and O–H groups in total. The molecule has 218 valence electrons. The first-order valence-corrected chi connectivity index (χ1v) is 13.4. The molecule has 3 unspecified atom stereocenters. The summed E-state index contributed by atoms with van der Waals surface area (Å²) in [7, 11) is 0. The zero-order valence-corrected chi connectivity index (χ0v) is 23.8. The van der Waals surface area contributed by atoms with E-state index in [2.05, 4.69) is 10.6 Å². The Morgan fingerprint density at radius 1 is 1.10 bits per heavy atom. The molecule has 1 aliphatic heterocycles. The van der Waals surface area contributed by atoms with Gasteiger partial charge in [0.15, 0.2) is 6.10 Å². The number of hydrogen-bond acceptors (Lipinski definition) is 5. The van der Waals surface area contributed by atoms with Crippen molar-refractivity contribution in [2.24, 2.45) is 11.3 Å². The molecule has 1 aliphatic rings. The minimum Gasteiger partial charge on any atom is -0.508 e. The lowest BCUT2D eigenvalue weighted by Crippen LogP contribution is -2.58. The van der Waals surface area contributed by atoms with Crippen LogP contribution >= 0.6 is 0 Å².